The van der Waals surface area contributed by atoms with Gasteiger partial charge in [-0.15, -0.1) is 0 Å². The maximum absolute atomic E-state index is 6.65. The molecule has 0 amide bonds. The second-order valence-electron chi connectivity index (χ2n) is 23.8. The molecule has 17 aromatic rings. The van der Waals surface area contributed by atoms with Crippen LogP contribution in [0.25, 0.3) is 121 Å². The molecule has 4 heteroatoms. The van der Waals surface area contributed by atoms with Gasteiger partial charge in [-0.25, -0.2) is 0 Å². The number of anilines is 6. The summed E-state index contributed by atoms with van der Waals surface area (Å²) in [6.45, 7) is 0. The molecule has 0 saturated carbocycles. The maximum atomic E-state index is 6.65. The predicted molar refractivity (Wildman–Crippen MR) is 370 cm³/mol. The van der Waals surface area contributed by atoms with Crippen LogP contribution < -0.4 is 9.80 Å². The Balaban J connectivity index is 0.754. The molecule has 2 aliphatic rings. The first-order valence-electron chi connectivity index (χ1n) is 30.6. The van der Waals surface area contributed by atoms with Gasteiger partial charge in [0, 0.05) is 44.3 Å². The standard InChI is InChI=1S/C85H52N2O2/c1-3-19-58(20-4-1)86(76-33-17-29-70-66-26-11-15-35-78(66)88-83(70)76)60-44-37-53(38-45-60)55-41-48-62-57(51-55)43-50-72-80-68-28-8-7-23-63(68)73-52-56(42-49-69(73)82(80)85(81(62)72)74-31-13-9-24-64(74)65-25-10-14-32-75(65)85)54-39-46-61(47-40-54)87(59-21-5-2-6-22-59)77-34-18-30-71-67-27-12-16-36-79(67)89-84(71)77/h1-52H. The molecular formula is C85H52N2O2. The third kappa shape index (κ3) is 7.17. The van der Waals surface area contributed by atoms with Gasteiger partial charge in [-0.05, 0) is 184 Å². The minimum Gasteiger partial charge on any atom is -0.454 e. The first-order chi connectivity index (χ1) is 44.2. The minimum absolute atomic E-state index is 0.612. The Bertz CT molecular complexity index is 5700. The molecule has 2 aromatic heterocycles. The van der Waals surface area contributed by atoms with Crippen molar-refractivity contribution in [3.05, 3.63) is 338 Å². The number of furan rings is 2. The molecule has 0 atom stereocenters. The molecule has 89 heavy (non-hydrogen) atoms. The van der Waals surface area contributed by atoms with Crippen molar-refractivity contribution in [2.75, 3.05) is 9.80 Å². The molecule has 19 rings (SSSR count). The van der Waals surface area contributed by atoms with Gasteiger partial charge in [0.25, 0.3) is 0 Å². The monoisotopic (exact) mass is 1130 g/mol. The van der Waals surface area contributed by atoms with Gasteiger partial charge in [-0.2, -0.15) is 0 Å². The van der Waals surface area contributed by atoms with Crippen LogP contribution in [0, 0.1) is 0 Å². The van der Waals surface area contributed by atoms with Crippen LogP contribution >= 0.6 is 0 Å². The largest absolute Gasteiger partial charge is 0.454 e. The molecule has 4 nitrogen and oxygen atoms in total. The SMILES string of the molecule is c1ccc(N(c2ccc(-c3ccc4c5c(ccc4c3)-c3c(c4ccc(-c6ccc(N(c7ccccc7)c7cccc8c7oc7ccccc78)cc6)cc4c4ccccc34)C53c4ccccc4-c4ccccc43)cc2)c2cccc3c2oc2ccccc23)cc1. The normalized spacial score (nSPS) is 12.8. The summed E-state index contributed by atoms with van der Waals surface area (Å²) in [7, 11) is 0. The molecule has 0 N–H and O–H groups in total. The Kier molecular flexibility index (Phi) is 10.7. The number of para-hydroxylation sites is 6. The maximum Gasteiger partial charge on any atom is 0.159 e. The van der Waals surface area contributed by atoms with Crippen molar-refractivity contribution >= 4 is 110 Å². The summed E-state index contributed by atoms with van der Waals surface area (Å²) >= 11 is 0. The van der Waals surface area contributed by atoms with Crippen molar-refractivity contribution < 1.29 is 8.83 Å². The number of hydrogen-bond acceptors (Lipinski definition) is 4. The fourth-order valence-corrected chi connectivity index (χ4v) is 15.5. The first kappa shape index (κ1) is 49.5. The smallest absolute Gasteiger partial charge is 0.159 e. The first-order valence-corrected chi connectivity index (χ1v) is 30.6. The number of hydrogen-bond donors (Lipinski definition) is 0. The van der Waals surface area contributed by atoms with Crippen LogP contribution in [0.3, 0.4) is 0 Å². The number of benzene rings is 15. The van der Waals surface area contributed by atoms with Crippen molar-refractivity contribution in [3.63, 3.8) is 0 Å². The minimum atomic E-state index is -0.612. The average Bonchev–Trinajstić information content (AvgIpc) is 1.50. The van der Waals surface area contributed by atoms with Crippen LogP contribution in [0.5, 0.6) is 0 Å². The molecule has 0 saturated heterocycles. The van der Waals surface area contributed by atoms with Gasteiger partial charge in [0.1, 0.15) is 11.2 Å². The molecule has 0 radical (unpaired) electrons. The summed E-state index contributed by atoms with van der Waals surface area (Å²) < 4.78 is 13.3. The van der Waals surface area contributed by atoms with E-state index in [-0.39, 0.29) is 0 Å². The molecule has 414 valence electrons. The van der Waals surface area contributed by atoms with E-state index in [4.69, 9.17) is 8.83 Å². The van der Waals surface area contributed by atoms with Gasteiger partial charge in [-0.3, -0.25) is 0 Å². The quantitative estimate of drug-likeness (QED) is 0.142. The van der Waals surface area contributed by atoms with Gasteiger partial charge in [0.2, 0.25) is 0 Å². The molecule has 0 aliphatic heterocycles. The molecule has 0 fully saturated rings. The van der Waals surface area contributed by atoms with Crippen molar-refractivity contribution in [3.8, 4) is 44.5 Å². The van der Waals surface area contributed by atoms with Crippen LogP contribution in [0.1, 0.15) is 22.3 Å². The van der Waals surface area contributed by atoms with E-state index in [1.807, 2.05) is 12.1 Å². The zero-order chi connectivity index (χ0) is 58.3. The molecule has 1 spiro atoms. The van der Waals surface area contributed by atoms with E-state index < -0.39 is 5.41 Å². The highest BCUT2D eigenvalue weighted by atomic mass is 16.3. The lowest BCUT2D eigenvalue weighted by Crippen LogP contribution is -2.26. The summed E-state index contributed by atoms with van der Waals surface area (Å²) in [6.07, 6.45) is 0. The van der Waals surface area contributed by atoms with Crippen molar-refractivity contribution in [1.29, 1.82) is 0 Å². The van der Waals surface area contributed by atoms with Crippen molar-refractivity contribution in [2.24, 2.45) is 0 Å². The predicted octanol–water partition coefficient (Wildman–Crippen LogP) is 23.6. The molecule has 0 unspecified atom stereocenters. The van der Waals surface area contributed by atoms with Crippen molar-refractivity contribution in [2.45, 2.75) is 5.41 Å². The molecular weight excluding hydrogens is 1080 g/mol. The van der Waals surface area contributed by atoms with Crippen LogP contribution in [0.15, 0.2) is 324 Å². The summed E-state index contributed by atoms with van der Waals surface area (Å²) in [5.74, 6) is 0. The lowest BCUT2D eigenvalue weighted by atomic mass is 9.68. The van der Waals surface area contributed by atoms with Crippen LogP contribution in [0.2, 0.25) is 0 Å². The van der Waals surface area contributed by atoms with Crippen molar-refractivity contribution in [1.82, 2.24) is 0 Å². The highest BCUT2D eigenvalue weighted by Crippen LogP contribution is 2.67. The number of nitrogens with zero attached hydrogens (tertiary/aromatic N) is 2. The lowest BCUT2D eigenvalue weighted by Gasteiger charge is -2.32. The van der Waals surface area contributed by atoms with E-state index in [1.54, 1.807) is 0 Å². The Morgan fingerprint density at radius 1 is 0.247 bits per heavy atom. The van der Waals surface area contributed by atoms with Crippen LogP contribution in [-0.2, 0) is 5.41 Å². The summed E-state index contributed by atoms with van der Waals surface area (Å²) in [5, 5.41) is 11.9. The highest BCUT2D eigenvalue weighted by Gasteiger charge is 2.54. The summed E-state index contributed by atoms with van der Waals surface area (Å²) in [5.41, 5.74) is 24.3. The summed E-state index contributed by atoms with van der Waals surface area (Å²) in [4.78, 5) is 4.62. The highest BCUT2D eigenvalue weighted by molar-refractivity contribution is 6.22. The second-order valence-corrected chi connectivity index (χ2v) is 23.8. The van der Waals surface area contributed by atoms with Crippen LogP contribution in [-0.4, -0.2) is 0 Å². The van der Waals surface area contributed by atoms with E-state index in [9.17, 15) is 0 Å². The van der Waals surface area contributed by atoms with E-state index in [0.29, 0.717) is 0 Å². The average molecular weight is 1130 g/mol. The molecule has 2 aliphatic carbocycles. The molecule has 2 heterocycles. The van der Waals surface area contributed by atoms with Gasteiger partial charge in [0.15, 0.2) is 11.2 Å². The second kappa shape index (κ2) is 19.1. The zero-order valence-corrected chi connectivity index (χ0v) is 48.2. The number of fused-ring (bicyclic) bond motifs is 23. The number of rotatable bonds is 8. The van der Waals surface area contributed by atoms with Gasteiger partial charge < -0.3 is 18.6 Å². The fourth-order valence-electron chi connectivity index (χ4n) is 15.5. The zero-order valence-electron chi connectivity index (χ0n) is 48.2. The van der Waals surface area contributed by atoms with Gasteiger partial charge in [0.05, 0.1) is 16.8 Å². The summed E-state index contributed by atoms with van der Waals surface area (Å²) in [6, 6.07) is 116. The van der Waals surface area contributed by atoms with E-state index in [1.165, 1.54) is 88.0 Å². The van der Waals surface area contributed by atoms with E-state index >= 15 is 0 Å². The third-order valence-electron chi connectivity index (χ3n) is 19.2. The Hall–Kier alpha value is -11.7. The van der Waals surface area contributed by atoms with Gasteiger partial charge >= 0.3 is 0 Å². The third-order valence-corrected chi connectivity index (χ3v) is 19.2. The topological polar surface area (TPSA) is 32.8 Å². The lowest BCUT2D eigenvalue weighted by molar-refractivity contribution is 0.668. The van der Waals surface area contributed by atoms with Crippen LogP contribution in [0.4, 0.5) is 34.1 Å². The fraction of sp³-hybridized carbons (Fsp3) is 0.0118. The molecule has 15 aromatic carbocycles. The van der Waals surface area contributed by atoms with E-state index in [2.05, 4.69) is 313 Å². The Morgan fingerprint density at radius 3 is 1.25 bits per heavy atom. The Labute approximate surface area is 513 Å². The Morgan fingerprint density at radius 2 is 0.685 bits per heavy atom. The van der Waals surface area contributed by atoms with Gasteiger partial charge in [-0.1, -0.05) is 231 Å². The van der Waals surface area contributed by atoms with E-state index in [0.717, 1.165) is 89.1 Å². The molecule has 0 bridgehead atoms.